The third-order valence-electron chi connectivity index (χ3n) is 3.01. The first-order valence-corrected chi connectivity index (χ1v) is 6.60. The molecule has 4 nitrogen and oxygen atoms in total. The van der Waals surface area contributed by atoms with Crippen molar-refractivity contribution in [1.82, 2.24) is 0 Å². The van der Waals surface area contributed by atoms with Gasteiger partial charge in [-0.05, 0) is 31.4 Å². The summed E-state index contributed by atoms with van der Waals surface area (Å²) in [5, 5.41) is 20.8. The van der Waals surface area contributed by atoms with Crippen LogP contribution in [0.4, 0.5) is 5.69 Å². The highest BCUT2D eigenvalue weighted by molar-refractivity contribution is 5.66. The zero-order valence-electron chi connectivity index (χ0n) is 11.3. The lowest BCUT2D eigenvalue weighted by atomic mass is 10.1. The lowest BCUT2D eigenvalue weighted by molar-refractivity contribution is -0.137. The number of nitrogens with zero attached hydrogens (tertiary/aromatic N) is 1. The second-order valence-corrected chi connectivity index (χ2v) is 4.59. The second kappa shape index (κ2) is 8.15. The minimum Gasteiger partial charge on any atom is -0.481 e. The highest BCUT2D eigenvalue weighted by Gasteiger charge is 2.03. The van der Waals surface area contributed by atoms with Crippen molar-refractivity contribution >= 4 is 11.7 Å². The predicted octanol–water partition coefficient (Wildman–Crippen LogP) is 3.31. The zero-order chi connectivity index (χ0) is 14.1. The molecule has 0 saturated heterocycles. The maximum atomic E-state index is 10.3. The Labute approximate surface area is 114 Å². The molecule has 19 heavy (non-hydrogen) atoms. The first kappa shape index (κ1) is 15.0. The van der Waals surface area contributed by atoms with Crippen LogP contribution in [0.25, 0.3) is 0 Å². The largest absolute Gasteiger partial charge is 0.481 e. The van der Waals surface area contributed by atoms with Crippen LogP contribution >= 0.6 is 0 Å². The maximum Gasteiger partial charge on any atom is 0.303 e. The number of nitrogens with one attached hydrogen (secondary N) is 1. The van der Waals surface area contributed by atoms with Crippen molar-refractivity contribution in [3.8, 4) is 6.07 Å². The van der Waals surface area contributed by atoms with Crippen LogP contribution in [0.1, 0.15) is 43.2 Å². The molecule has 0 heterocycles. The Kier molecular flexibility index (Phi) is 6.45. The van der Waals surface area contributed by atoms with Crippen LogP contribution < -0.4 is 5.32 Å². The van der Waals surface area contributed by atoms with E-state index in [2.05, 4.69) is 11.4 Å². The number of carbonyl (C=O) groups is 1. The van der Waals surface area contributed by atoms with Crippen LogP contribution in [0.3, 0.4) is 0 Å². The summed E-state index contributed by atoms with van der Waals surface area (Å²) in [4.78, 5) is 10.3. The zero-order valence-corrected chi connectivity index (χ0v) is 11.3. The van der Waals surface area contributed by atoms with Crippen molar-refractivity contribution in [3.05, 3.63) is 29.3 Å². The number of anilines is 1. The van der Waals surface area contributed by atoms with E-state index in [1.807, 2.05) is 25.1 Å². The van der Waals surface area contributed by atoms with Crippen LogP contribution in [0.5, 0.6) is 0 Å². The fraction of sp³-hybridized carbons (Fsp3) is 0.467. The van der Waals surface area contributed by atoms with Gasteiger partial charge in [-0.25, -0.2) is 0 Å². The molecule has 0 amide bonds. The van der Waals surface area contributed by atoms with E-state index in [-0.39, 0.29) is 6.42 Å². The van der Waals surface area contributed by atoms with Gasteiger partial charge in [-0.3, -0.25) is 4.79 Å². The molecule has 0 aliphatic heterocycles. The number of carboxylic acid groups (broad SMARTS) is 1. The van der Waals surface area contributed by atoms with Crippen molar-refractivity contribution in [3.63, 3.8) is 0 Å². The summed E-state index contributed by atoms with van der Waals surface area (Å²) in [6.45, 7) is 2.79. The van der Waals surface area contributed by atoms with Gasteiger partial charge in [-0.2, -0.15) is 5.26 Å². The van der Waals surface area contributed by atoms with Gasteiger partial charge in [0.2, 0.25) is 0 Å². The van der Waals surface area contributed by atoms with Gasteiger partial charge in [0.05, 0.1) is 11.3 Å². The first-order chi connectivity index (χ1) is 9.15. The number of hydrogen-bond donors (Lipinski definition) is 2. The van der Waals surface area contributed by atoms with E-state index in [4.69, 9.17) is 10.4 Å². The quantitative estimate of drug-likeness (QED) is 0.703. The van der Waals surface area contributed by atoms with E-state index >= 15 is 0 Å². The standard InChI is InChI=1S/C15H20N2O2/c1-12-7-6-8-13(11-16)15(12)17-10-5-3-2-4-9-14(18)19/h6-8,17H,2-5,9-10H2,1H3,(H,18,19). The van der Waals surface area contributed by atoms with Gasteiger partial charge in [0.15, 0.2) is 0 Å². The Morgan fingerprint density at radius 1 is 1.32 bits per heavy atom. The Hall–Kier alpha value is -2.02. The Bertz CT molecular complexity index is 464. The van der Waals surface area contributed by atoms with Crippen LogP contribution in [0, 0.1) is 18.3 Å². The van der Waals surface area contributed by atoms with Crippen LogP contribution in [-0.4, -0.2) is 17.6 Å². The van der Waals surface area contributed by atoms with Crippen molar-refractivity contribution in [2.75, 3.05) is 11.9 Å². The average Bonchev–Trinajstić information content (AvgIpc) is 2.38. The highest BCUT2D eigenvalue weighted by Crippen LogP contribution is 2.19. The Balaban J connectivity index is 2.27. The molecule has 1 aromatic rings. The van der Waals surface area contributed by atoms with E-state index in [1.165, 1.54) is 0 Å². The number of para-hydroxylation sites is 1. The Morgan fingerprint density at radius 2 is 2.05 bits per heavy atom. The number of hydrogen-bond acceptors (Lipinski definition) is 3. The van der Waals surface area contributed by atoms with Gasteiger partial charge < -0.3 is 10.4 Å². The van der Waals surface area contributed by atoms with Gasteiger partial charge in [0.1, 0.15) is 6.07 Å². The predicted molar refractivity (Wildman–Crippen MR) is 75.1 cm³/mol. The van der Waals surface area contributed by atoms with Crippen molar-refractivity contribution in [2.24, 2.45) is 0 Å². The first-order valence-electron chi connectivity index (χ1n) is 6.60. The molecule has 0 atom stereocenters. The normalized spacial score (nSPS) is 9.89. The van der Waals surface area contributed by atoms with Gasteiger partial charge in [-0.1, -0.05) is 25.0 Å². The van der Waals surface area contributed by atoms with Crippen molar-refractivity contribution in [2.45, 2.75) is 39.0 Å². The fourth-order valence-corrected chi connectivity index (χ4v) is 1.96. The number of nitriles is 1. The minimum absolute atomic E-state index is 0.254. The topological polar surface area (TPSA) is 73.1 Å². The molecule has 0 aromatic heterocycles. The monoisotopic (exact) mass is 260 g/mol. The summed E-state index contributed by atoms with van der Waals surface area (Å²) in [6.07, 6.45) is 3.92. The molecular formula is C15H20N2O2. The molecule has 0 saturated carbocycles. The molecule has 2 N–H and O–H groups in total. The third kappa shape index (κ3) is 5.43. The molecule has 0 spiro atoms. The van der Waals surface area contributed by atoms with Gasteiger partial charge in [0, 0.05) is 13.0 Å². The molecule has 102 valence electrons. The molecule has 4 heteroatoms. The highest BCUT2D eigenvalue weighted by atomic mass is 16.4. The summed E-state index contributed by atoms with van der Waals surface area (Å²) in [5.74, 6) is -0.725. The maximum absolute atomic E-state index is 10.3. The van der Waals surface area contributed by atoms with E-state index in [1.54, 1.807) is 0 Å². The lowest BCUT2D eigenvalue weighted by Gasteiger charge is -2.10. The van der Waals surface area contributed by atoms with Crippen LogP contribution in [-0.2, 0) is 4.79 Å². The van der Waals surface area contributed by atoms with E-state index in [0.717, 1.165) is 43.5 Å². The van der Waals surface area contributed by atoms with Crippen molar-refractivity contribution in [1.29, 1.82) is 5.26 Å². The fourth-order valence-electron chi connectivity index (χ4n) is 1.96. The average molecular weight is 260 g/mol. The lowest BCUT2D eigenvalue weighted by Crippen LogP contribution is -2.05. The number of aliphatic carboxylic acids is 1. The SMILES string of the molecule is Cc1cccc(C#N)c1NCCCCCCC(=O)O. The number of benzene rings is 1. The summed E-state index contributed by atoms with van der Waals surface area (Å²) in [6, 6.07) is 7.85. The molecule has 0 aliphatic rings. The smallest absolute Gasteiger partial charge is 0.303 e. The molecule has 1 aromatic carbocycles. The number of rotatable bonds is 8. The number of aryl methyl sites for hydroxylation is 1. The molecule has 0 unspecified atom stereocenters. The third-order valence-corrected chi connectivity index (χ3v) is 3.01. The van der Waals surface area contributed by atoms with E-state index < -0.39 is 5.97 Å². The van der Waals surface area contributed by atoms with E-state index in [0.29, 0.717) is 5.56 Å². The van der Waals surface area contributed by atoms with Crippen LogP contribution in [0.2, 0.25) is 0 Å². The minimum atomic E-state index is -0.725. The number of unbranched alkanes of at least 4 members (excludes halogenated alkanes) is 3. The van der Waals surface area contributed by atoms with Crippen molar-refractivity contribution < 1.29 is 9.90 Å². The van der Waals surface area contributed by atoms with Gasteiger partial charge in [-0.15, -0.1) is 0 Å². The molecule has 0 aliphatic carbocycles. The summed E-state index contributed by atoms with van der Waals surface area (Å²) >= 11 is 0. The molecule has 0 radical (unpaired) electrons. The Morgan fingerprint density at radius 3 is 2.74 bits per heavy atom. The summed E-state index contributed by atoms with van der Waals surface area (Å²) in [5.41, 5.74) is 2.66. The van der Waals surface area contributed by atoms with Crippen LogP contribution in [0.15, 0.2) is 18.2 Å². The summed E-state index contributed by atoms with van der Waals surface area (Å²) in [7, 11) is 0. The molecule has 0 fully saturated rings. The summed E-state index contributed by atoms with van der Waals surface area (Å²) < 4.78 is 0. The molecule has 1 rings (SSSR count). The van der Waals surface area contributed by atoms with Gasteiger partial charge >= 0.3 is 5.97 Å². The molecular weight excluding hydrogens is 240 g/mol. The van der Waals surface area contributed by atoms with E-state index in [9.17, 15) is 4.79 Å². The molecule has 0 bridgehead atoms. The second-order valence-electron chi connectivity index (χ2n) is 4.59. The number of carboxylic acids is 1. The van der Waals surface area contributed by atoms with Gasteiger partial charge in [0.25, 0.3) is 0 Å².